The highest BCUT2D eigenvalue weighted by atomic mass is 32.2. The van der Waals surface area contributed by atoms with E-state index in [0.717, 1.165) is 19.3 Å². The number of hydrogen-bond donors (Lipinski definition) is 1. The number of nitrogens with one attached hydrogen (secondary N) is 1. The number of nitrogens with zero attached hydrogens (tertiary/aromatic N) is 4. The maximum absolute atomic E-state index is 12.6. The number of tetrazole rings is 1. The average molecular weight is 365 g/mol. The number of rotatable bonds is 6. The zero-order valence-corrected chi connectivity index (χ0v) is 15.2. The molecule has 1 aliphatic heterocycles. The number of aromatic nitrogens is 4. The minimum Gasteiger partial charge on any atom is -0.377 e. The molecule has 0 bridgehead atoms. The van der Waals surface area contributed by atoms with Crippen LogP contribution in [0.5, 0.6) is 0 Å². The quantitative estimate of drug-likeness (QED) is 0.843. The molecule has 1 aliphatic rings. The lowest BCUT2D eigenvalue weighted by Crippen LogP contribution is -2.31. The standard InChI is InChI=1S/C16H23N5O3S/c1-12(2)21-16(17-19-20-21)14-8-3-4-9-15(14)18-25(22,23)11-13-7-5-6-10-24-13/h3-4,8-9,12-13,18H,5-7,10-11H2,1-2H3/t13-/m1/s1. The molecule has 9 heteroatoms. The zero-order valence-electron chi connectivity index (χ0n) is 14.4. The van der Waals surface area contributed by atoms with Gasteiger partial charge in [-0.2, -0.15) is 0 Å². The molecule has 0 saturated carbocycles. The fourth-order valence-corrected chi connectivity index (χ4v) is 4.23. The molecule has 0 unspecified atom stereocenters. The van der Waals surface area contributed by atoms with Crippen molar-refractivity contribution in [1.82, 2.24) is 20.2 Å². The van der Waals surface area contributed by atoms with Crippen LogP contribution in [0.3, 0.4) is 0 Å². The van der Waals surface area contributed by atoms with Gasteiger partial charge in [0, 0.05) is 12.2 Å². The molecule has 3 rings (SSSR count). The van der Waals surface area contributed by atoms with Crippen LogP contribution in [-0.2, 0) is 14.8 Å². The molecule has 0 aliphatic carbocycles. The summed E-state index contributed by atoms with van der Waals surface area (Å²) < 4.78 is 35.0. The molecule has 0 spiro atoms. The first-order valence-electron chi connectivity index (χ1n) is 8.45. The van der Waals surface area contributed by atoms with E-state index in [1.54, 1.807) is 22.9 Å². The third kappa shape index (κ3) is 4.35. The van der Waals surface area contributed by atoms with E-state index >= 15 is 0 Å². The first-order valence-corrected chi connectivity index (χ1v) is 10.1. The SMILES string of the molecule is CC(C)n1nnnc1-c1ccccc1NS(=O)(=O)C[C@H]1CCCCO1. The lowest BCUT2D eigenvalue weighted by atomic mass is 10.1. The van der Waals surface area contributed by atoms with Gasteiger partial charge in [-0.25, -0.2) is 13.1 Å². The first kappa shape index (κ1) is 17.8. The number of sulfonamides is 1. The second kappa shape index (κ2) is 7.49. The van der Waals surface area contributed by atoms with Crippen molar-refractivity contribution < 1.29 is 13.2 Å². The summed E-state index contributed by atoms with van der Waals surface area (Å²) >= 11 is 0. The number of benzene rings is 1. The van der Waals surface area contributed by atoms with Crippen LogP contribution >= 0.6 is 0 Å². The molecule has 1 N–H and O–H groups in total. The van der Waals surface area contributed by atoms with E-state index in [4.69, 9.17) is 4.74 Å². The Morgan fingerprint density at radius 3 is 2.84 bits per heavy atom. The molecule has 2 aromatic rings. The van der Waals surface area contributed by atoms with Crippen molar-refractivity contribution in [2.45, 2.75) is 45.3 Å². The molecule has 1 aromatic heterocycles. The maximum Gasteiger partial charge on any atom is 0.235 e. The van der Waals surface area contributed by atoms with E-state index in [2.05, 4.69) is 20.2 Å². The summed E-state index contributed by atoms with van der Waals surface area (Å²) in [6, 6.07) is 7.19. The van der Waals surface area contributed by atoms with Gasteiger partial charge in [0.1, 0.15) is 0 Å². The summed E-state index contributed by atoms with van der Waals surface area (Å²) in [5.41, 5.74) is 1.12. The van der Waals surface area contributed by atoms with Gasteiger partial charge in [0.05, 0.1) is 23.6 Å². The number of hydrogen-bond acceptors (Lipinski definition) is 6. The lowest BCUT2D eigenvalue weighted by Gasteiger charge is -2.23. The monoisotopic (exact) mass is 365 g/mol. The van der Waals surface area contributed by atoms with Crippen molar-refractivity contribution in [2.24, 2.45) is 0 Å². The Morgan fingerprint density at radius 2 is 2.12 bits per heavy atom. The van der Waals surface area contributed by atoms with Crippen LogP contribution in [0.15, 0.2) is 24.3 Å². The molecule has 1 atom stereocenters. The fraction of sp³-hybridized carbons (Fsp3) is 0.562. The van der Waals surface area contributed by atoms with Gasteiger partial charge in [0.2, 0.25) is 10.0 Å². The van der Waals surface area contributed by atoms with E-state index in [1.807, 2.05) is 19.9 Å². The summed E-state index contributed by atoms with van der Waals surface area (Å²) in [6.07, 6.45) is 2.51. The third-order valence-electron chi connectivity index (χ3n) is 4.09. The molecular weight excluding hydrogens is 342 g/mol. The van der Waals surface area contributed by atoms with Gasteiger partial charge in [0.25, 0.3) is 0 Å². The summed E-state index contributed by atoms with van der Waals surface area (Å²) in [6.45, 7) is 4.56. The molecule has 136 valence electrons. The van der Waals surface area contributed by atoms with E-state index in [1.165, 1.54) is 0 Å². The van der Waals surface area contributed by atoms with Crippen molar-refractivity contribution in [3.05, 3.63) is 24.3 Å². The van der Waals surface area contributed by atoms with Crippen molar-refractivity contribution in [3.63, 3.8) is 0 Å². The van der Waals surface area contributed by atoms with Gasteiger partial charge in [-0.15, -0.1) is 5.10 Å². The molecule has 1 aromatic carbocycles. The van der Waals surface area contributed by atoms with Gasteiger partial charge in [-0.3, -0.25) is 4.72 Å². The summed E-state index contributed by atoms with van der Waals surface area (Å²) in [4.78, 5) is 0. The number of ether oxygens (including phenoxy) is 1. The Kier molecular flexibility index (Phi) is 5.33. The lowest BCUT2D eigenvalue weighted by molar-refractivity contribution is 0.0306. The smallest absolute Gasteiger partial charge is 0.235 e. The molecule has 0 radical (unpaired) electrons. The molecule has 8 nitrogen and oxygen atoms in total. The molecular formula is C16H23N5O3S. The highest BCUT2D eigenvalue weighted by Crippen LogP contribution is 2.28. The maximum atomic E-state index is 12.6. The topological polar surface area (TPSA) is 99.0 Å². The highest BCUT2D eigenvalue weighted by molar-refractivity contribution is 7.92. The summed E-state index contributed by atoms with van der Waals surface area (Å²) in [5, 5.41) is 11.8. The zero-order chi connectivity index (χ0) is 17.9. The van der Waals surface area contributed by atoms with Crippen molar-refractivity contribution in [3.8, 4) is 11.4 Å². The van der Waals surface area contributed by atoms with Crippen molar-refractivity contribution in [2.75, 3.05) is 17.1 Å². The predicted octanol–water partition coefficient (Wildman–Crippen LogP) is 2.23. The van der Waals surface area contributed by atoms with Gasteiger partial charge >= 0.3 is 0 Å². The van der Waals surface area contributed by atoms with Crippen molar-refractivity contribution >= 4 is 15.7 Å². The largest absolute Gasteiger partial charge is 0.377 e. The highest BCUT2D eigenvalue weighted by Gasteiger charge is 2.24. The van der Waals surface area contributed by atoms with Gasteiger partial charge in [-0.1, -0.05) is 12.1 Å². The Morgan fingerprint density at radius 1 is 1.32 bits per heavy atom. The molecule has 1 saturated heterocycles. The van der Waals surface area contributed by atoms with Crippen LogP contribution in [0.1, 0.15) is 39.2 Å². The molecule has 2 heterocycles. The van der Waals surface area contributed by atoms with E-state index < -0.39 is 10.0 Å². The number of para-hydroxylation sites is 1. The normalized spacial score (nSPS) is 18.4. The minimum atomic E-state index is -3.53. The van der Waals surface area contributed by atoms with E-state index in [9.17, 15) is 8.42 Å². The minimum absolute atomic E-state index is 0.0452. The second-order valence-electron chi connectivity index (χ2n) is 6.46. The van der Waals surface area contributed by atoms with Gasteiger partial charge in [-0.05, 0) is 55.7 Å². The van der Waals surface area contributed by atoms with Crippen LogP contribution in [0, 0.1) is 0 Å². The van der Waals surface area contributed by atoms with Crippen LogP contribution in [0.2, 0.25) is 0 Å². The van der Waals surface area contributed by atoms with Crippen LogP contribution in [-0.4, -0.2) is 47.1 Å². The van der Waals surface area contributed by atoms with E-state index in [0.29, 0.717) is 23.7 Å². The summed E-state index contributed by atoms with van der Waals surface area (Å²) in [5.74, 6) is 0.485. The second-order valence-corrected chi connectivity index (χ2v) is 8.23. The average Bonchev–Trinajstić information content (AvgIpc) is 3.05. The number of anilines is 1. The van der Waals surface area contributed by atoms with Crippen LogP contribution in [0.25, 0.3) is 11.4 Å². The Labute approximate surface area is 147 Å². The van der Waals surface area contributed by atoms with Crippen LogP contribution < -0.4 is 4.72 Å². The Bertz CT molecular complexity index is 813. The van der Waals surface area contributed by atoms with Crippen LogP contribution in [0.4, 0.5) is 5.69 Å². The third-order valence-corrected chi connectivity index (χ3v) is 5.44. The molecule has 25 heavy (non-hydrogen) atoms. The predicted molar refractivity (Wildman–Crippen MR) is 94.6 cm³/mol. The molecule has 0 amide bonds. The summed E-state index contributed by atoms with van der Waals surface area (Å²) in [7, 11) is -3.53. The fourth-order valence-electron chi connectivity index (χ4n) is 2.88. The molecule has 1 fully saturated rings. The van der Waals surface area contributed by atoms with E-state index in [-0.39, 0.29) is 17.9 Å². The Balaban J connectivity index is 1.84. The van der Waals surface area contributed by atoms with Gasteiger partial charge in [0.15, 0.2) is 5.82 Å². The first-order chi connectivity index (χ1) is 12.0. The van der Waals surface area contributed by atoms with Crippen molar-refractivity contribution in [1.29, 1.82) is 0 Å². The van der Waals surface area contributed by atoms with Gasteiger partial charge < -0.3 is 4.74 Å². The Hall–Kier alpha value is -2.00.